The molecule has 2 aliphatic heterocycles. The lowest BCUT2D eigenvalue weighted by Gasteiger charge is -2.23. The van der Waals surface area contributed by atoms with Crippen LogP contribution in [0, 0.1) is 0 Å². The molecule has 0 amide bonds. The van der Waals surface area contributed by atoms with Crippen LogP contribution in [-0.2, 0) is 13.0 Å². The Morgan fingerprint density at radius 2 is 2.35 bits per heavy atom. The van der Waals surface area contributed by atoms with Gasteiger partial charge in [-0.2, -0.15) is 0 Å². The van der Waals surface area contributed by atoms with Gasteiger partial charge in [0.25, 0.3) is 0 Å². The third-order valence-corrected chi connectivity index (χ3v) is 4.24. The predicted octanol–water partition coefficient (Wildman–Crippen LogP) is 3.03. The van der Waals surface area contributed by atoms with E-state index in [1.807, 2.05) is 0 Å². The standard InChI is InChI=1S/C15H22N2/c1-2-14-4-3-9-17(14)11-12-5-6-15-13(10-12)7-8-16-15/h5-6,10,14,16H,2-4,7-9,11H2,1H3. The molecule has 92 valence electrons. The molecule has 1 aromatic rings. The van der Waals surface area contributed by atoms with Gasteiger partial charge in [-0.05, 0) is 49.4 Å². The Balaban J connectivity index is 1.72. The van der Waals surface area contributed by atoms with Crippen LogP contribution in [0.3, 0.4) is 0 Å². The van der Waals surface area contributed by atoms with E-state index in [-0.39, 0.29) is 0 Å². The molecule has 0 radical (unpaired) electrons. The van der Waals surface area contributed by atoms with Gasteiger partial charge in [0.05, 0.1) is 0 Å². The molecule has 0 aliphatic carbocycles. The van der Waals surface area contributed by atoms with Gasteiger partial charge < -0.3 is 5.32 Å². The molecule has 1 atom stereocenters. The van der Waals surface area contributed by atoms with Crippen molar-refractivity contribution in [3.05, 3.63) is 29.3 Å². The number of likely N-dealkylation sites (tertiary alicyclic amines) is 1. The normalized spacial score (nSPS) is 23.7. The lowest BCUT2D eigenvalue weighted by Crippen LogP contribution is -2.28. The summed E-state index contributed by atoms with van der Waals surface area (Å²) < 4.78 is 0. The number of anilines is 1. The van der Waals surface area contributed by atoms with Crippen LogP contribution in [0.25, 0.3) is 0 Å². The van der Waals surface area contributed by atoms with E-state index in [0.717, 1.165) is 19.1 Å². The van der Waals surface area contributed by atoms with E-state index < -0.39 is 0 Å². The van der Waals surface area contributed by atoms with Crippen LogP contribution in [0.2, 0.25) is 0 Å². The van der Waals surface area contributed by atoms with Gasteiger partial charge in [0.15, 0.2) is 0 Å². The first-order chi connectivity index (χ1) is 8.36. The van der Waals surface area contributed by atoms with Gasteiger partial charge >= 0.3 is 0 Å². The smallest absolute Gasteiger partial charge is 0.0373 e. The van der Waals surface area contributed by atoms with Gasteiger partial charge in [-0.25, -0.2) is 0 Å². The molecule has 0 spiro atoms. The molecule has 2 heteroatoms. The second-order valence-electron chi connectivity index (χ2n) is 5.34. The molecule has 0 bridgehead atoms. The second kappa shape index (κ2) is 4.69. The molecule has 3 rings (SSSR count). The van der Waals surface area contributed by atoms with Crippen LogP contribution in [0.5, 0.6) is 0 Å². The van der Waals surface area contributed by atoms with Crippen molar-refractivity contribution in [2.75, 3.05) is 18.4 Å². The topological polar surface area (TPSA) is 15.3 Å². The fraction of sp³-hybridized carbons (Fsp3) is 0.600. The fourth-order valence-electron chi connectivity index (χ4n) is 3.26. The Morgan fingerprint density at radius 1 is 1.41 bits per heavy atom. The van der Waals surface area contributed by atoms with Crippen molar-refractivity contribution in [2.45, 2.75) is 45.2 Å². The van der Waals surface area contributed by atoms with Crippen molar-refractivity contribution < 1.29 is 0 Å². The highest BCUT2D eigenvalue weighted by atomic mass is 15.2. The van der Waals surface area contributed by atoms with Gasteiger partial charge in [-0.3, -0.25) is 4.90 Å². The van der Waals surface area contributed by atoms with E-state index in [1.54, 1.807) is 0 Å². The largest absolute Gasteiger partial charge is 0.384 e. The van der Waals surface area contributed by atoms with Crippen molar-refractivity contribution in [3.8, 4) is 0 Å². The number of fused-ring (bicyclic) bond motifs is 1. The maximum atomic E-state index is 3.43. The minimum absolute atomic E-state index is 0.821. The molecule has 1 N–H and O–H groups in total. The highest BCUT2D eigenvalue weighted by Crippen LogP contribution is 2.26. The first-order valence-electron chi connectivity index (χ1n) is 6.96. The minimum atomic E-state index is 0.821. The van der Waals surface area contributed by atoms with E-state index in [1.165, 1.54) is 49.0 Å². The molecule has 1 aromatic carbocycles. The predicted molar refractivity (Wildman–Crippen MR) is 72.4 cm³/mol. The SMILES string of the molecule is CCC1CCCN1Cc1ccc2c(c1)CCN2. The van der Waals surface area contributed by atoms with E-state index in [0.29, 0.717) is 0 Å². The van der Waals surface area contributed by atoms with Crippen molar-refractivity contribution in [1.29, 1.82) is 0 Å². The average Bonchev–Trinajstić information content (AvgIpc) is 2.96. The Morgan fingerprint density at radius 3 is 3.24 bits per heavy atom. The summed E-state index contributed by atoms with van der Waals surface area (Å²) in [6, 6.07) is 7.78. The monoisotopic (exact) mass is 230 g/mol. The second-order valence-corrected chi connectivity index (χ2v) is 5.34. The van der Waals surface area contributed by atoms with Crippen LogP contribution in [0.15, 0.2) is 18.2 Å². The molecule has 0 saturated carbocycles. The van der Waals surface area contributed by atoms with Crippen LogP contribution >= 0.6 is 0 Å². The lowest BCUT2D eigenvalue weighted by atomic mass is 10.1. The van der Waals surface area contributed by atoms with Gasteiger partial charge in [0, 0.05) is 24.8 Å². The van der Waals surface area contributed by atoms with Gasteiger partial charge in [0.1, 0.15) is 0 Å². The highest BCUT2D eigenvalue weighted by Gasteiger charge is 2.22. The van der Waals surface area contributed by atoms with E-state index in [2.05, 4.69) is 35.3 Å². The summed E-state index contributed by atoms with van der Waals surface area (Å²) >= 11 is 0. The molecule has 2 nitrogen and oxygen atoms in total. The molecule has 1 unspecified atom stereocenters. The first kappa shape index (κ1) is 11.1. The van der Waals surface area contributed by atoms with Crippen molar-refractivity contribution in [3.63, 3.8) is 0 Å². The molecule has 17 heavy (non-hydrogen) atoms. The zero-order valence-electron chi connectivity index (χ0n) is 10.7. The van der Waals surface area contributed by atoms with Crippen molar-refractivity contribution in [1.82, 2.24) is 4.90 Å². The Kier molecular flexibility index (Phi) is 3.06. The lowest BCUT2D eigenvalue weighted by molar-refractivity contribution is 0.240. The number of nitrogens with zero attached hydrogens (tertiary/aromatic N) is 1. The summed E-state index contributed by atoms with van der Waals surface area (Å²) in [4.78, 5) is 2.66. The van der Waals surface area contributed by atoms with Crippen LogP contribution in [-0.4, -0.2) is 24.0 Å². The van der Waals surface area contributed by atoms with Gasteiger partial charge in [0.2, 0.25) is 0 Å². The summed E-state index contributed by atoms with van der Waals surface area (Å²) in [6.07, 6.45) is 5.26. The molecular weight excluding hydrogens is 208 g/mol. The number of rotatable bonds is 3. The summed E-state index contributed by atoms with van der Waals surface area (Å²) in [5, 5.41) is 3.43. The fourth-order valence-corrected chi connectivity index (χ4v) is 3.26. The number of benzene rings is 1. The molecule has 0 aromatic heterocycles. The first-order valence-corrected chi connectivity index (χ1v) is 6.96. The van der Waals surface area contributed by atoms with E-state index in [4.69, 9.17) is 0 Å². The maximum Gasteiger partial charge on any atom is 0.0373 e. The Hall–Kier alpha value is -1.02. The van der Waals surface area contributed by atoms with Gasteiger partial charge in [-0.15, -0.1) is 0 Å². The third kappa shape index (κ3) is 2.19. The maximum absolute atomic E-state index is 3.43. The summed E-state index contributed by atoms with van der Waals surface area (Å²) in [5.41, 5.74) is 4.35. The molecule has 1 saturated heterocycles. The Bertz CT molecular complexity index is 400. The van der Waals surface area contributed by atoms with Crippen molar-refractivity contribution in [2.24, 2.45) is 0 Å². The third-order valence-electron chi connectivity index (χ3n) is 4.24. The minimum Gasteiger partial charge on any atom is -0.384 e. The quantitative estimate of drug-likeness (QED) is 0.858. The summed E-state index contributed by atoms with van der Waals surface area (Å²) in [7, 11) is 0. The summed E-state index contributed by atoms with van der Waals surface area (Å²) in [5.74, 6) is 0. The van der Waals surface area contributed by atoms with E-state index >= 15 is 0 Å². The van der Waals surface area contributed by atoms with Crippen molar-refractivity contribution >= 4 is 5.69 Å². The van der Waals surface area contributed by atoms with Crippen LogP contribution in [0.1, 0.15) is 37.3 Å². The average molecular weight is 230 g/mol. The number of hydrogen-bond donors (Lipinski definition) is 1. The summed E-state index contributed by atoms with van der Waals surface area (Å²) in [6.45, 7) is 5.86. The zero-order valence-corrected chi connectivity index (χ0v) is 10.7. The molecule has 2 heterocycles. The Labute approximate surface area is 104 Å². The molecular formula is C15H22N2. The highest BCUT2D eigenvalue weighted by molar-refractivity contribution is 5.56. The molecule has 1 fully saturated rings. The number of nitrogens with one attached hydrogen (secondary N) is 1. The van der Waals surface area contributed by atoms with Crippen LogP contribution < -0.4 is 5.32 Å². The van der Waals surface area contributed by atoms with Crippen LogP contribution in [0.4, 0.5) is 5.69 Å². The van der Waals surface area contributed by atoms with E-state index in [9.17, 15) is 0 Å². The van der Waals surface area contributed by atoms with Gasteiger partial charge in [-0.1, -0.05) is 19.1 Å². The number of hydrogen-bond acceptors (Lipinski definition) is 2. The molecule has 2 aliphatic rings. The zero-order chi connectivity index (χ0) is 11.7.